The van der Waals surface area contributed by atoms with Crippen LogP contribution >= 0.6 is 11.6 Å². The lowest BCUT2D eigenvalue weighted by atomic mass is 10.1. The van der Waals surface area contributed by atoms with Gasteiger partial charge in [-0.3, -0.25) is 0 Å². The van der Waals surface area contributed by atoms with Gasteiger partial charge in [-0.1, -0.05) is 54.1 Å². The summed E-state index contributed by atoms with van der Waals surface area (Å²) in [5.74, 6) is -0.529. The minimum absolute atomic E-state index is 0.107. The molecule has 5 nitrogen and oxygen atoms in total. The number of hydrogen-bond donors (Lipinski definition) is 1. The quantitative estimate of drug-likeness (QED) is 0.667. The molecule has 0 saturated heterocycles. The molecule has 1 N–H and O–H groups in total. The summed E-state index contributed by atoms with van der Waals surface area (Å²) in [5, 5.41) is 10.1. The second kappa shape index (κ2) is 8.64. The maximum atomic E-state index is 11.6. The van der Waals surface area contributed by atoms with Crippen LogP contribution in [0.1, 0.15) is 27.2 Å². The molecule has 3 rings (SSSR count). The third-order valence-corrected chi connectivity index (χ3v) is 4.50. The van der Waals surface area contributed by atoms with Gasteiger partial charge in [0.1, 0.15) is 0 Å². The Kier molecular flexibility index (Phi) is 6.04. The van der Waals surface area contributed by atoms with Crippen molar-refractivity contribution >= 4 is 23.5 Å². The first-order valence-corrected chi connectivity index (χ1v) is 8.99. The first-order chi connectivity index (χ1) is 13.0. The summed E-state index contributed by atoms with van der Waals surface area (Å²) in [6, 6.07) is 17.5. The van der Waals surface area contributed by atoms with Crippen molar-refractivity contribution in [3.63, 3.8) is 0 Å². The van der Waals surface area contributed by atoms with E-state index in [0.717, 1.165) is 18.5 Å². The van der Waals surface area contributed by atoms with Crippen molar-refractivity contribution < 1.29 is 9.90 Å². The second-order valence-corrected chi connectivity index (χ2v) is 6.74. The molecule has 0 radical (unpaired) electrons. The molecule has 2 aromatic carbocycles. The van der Waals surface area contributed by atoms with E-state index in [0.29, 0.717) is 23.1 Å². The van der Waals surface area contributed by atoms with Gasteiger partial charge in [0.25, 0.3) is 0 Å². The summed E-state index contributed by atoms with van der Waals surface area (Å²) in [6.07, 6.45) is 2.61. The molecule has 3 aromatic rings. The summed E-state index contributed by atoms with van der Waals surface area (Å²) < 4.78 is 0. The standard InChI is InChI=1S/C21H20ClN3O2/c1-25(11-10-15-6-3-2-4-7-15)21-23-14-18(20(26)27)19(24-21)13-16-8-5-9-17(22)12-16/h2-9,12,14H,10-11,13H2,1H3,(H,26,27). The molecule has 1 aromatic heterocycles. The number of carboxylic acids is 1. The fourth-order valence-electron chi connectivity index (χ4n) is 2.79. The van der Waals surface area contributed by atoms with Crippen molar-refractivity contribution in [3.05, 3.63) is 88.2 Å². The number of nitrogens with zero attached hydrogens (tertiary/aromatic N) is 3. The minimum Gasteiger partial charge on any atom is -0.478 e. The van der Waals surface area contributed by atoms with E-state index in [1.807, 2.05) is 48.3 Å². The predicted octanol–water partition coefficient (Wildman–Crippen LogP) is 4.10. The van der Waals surface area contributed by atoms with Gasteiger partial charge in [0.15, 0.2) is 0 Å². The van der Waals surface area contributed by atoms with E-state index >= 15 is 0 Å². The number of benzene rings is 2. The van der Waals surface area contributed by atoms with Gasteiger partial charge in [0.05, 0.1) is 11.3 Å². The van der Waals surface area contributed by atoms with E-state index in [2.05, 4.69) is 22.1 Å². The lowest BCUT2D eigenvalue weighted by molar-refractivity contribution is 0.0695. The van der Waals surface area contributed by atoms with Crippen molar-refractivity contribution in [3.8, 4) is 0 Å². The molecule has 0 unspecified atom stereocenters. The molecular weight excluding hydrogens is 362 g/mol. The highest BCUT2D eigenvalue weighted by Gasteiger charge is 2.16. The SMILES string of the molecule is CN(CCc1ccccc1)c1ncc(C(=O)O)c(Cc2cccc(Cl)c2)n1. The first-order valence-electron chi connectivity index (χ1n) is 8.61. The molecule has 0 saturated carbocycles. The first kappa shape index (κ1) is 18.9. The molecule has 138 valence electrons. The molecule has 0 atom stereocenters. The molecule has 6 heteroatoms. The molecule has 0 aliphatic carbocycles. The van der Waals surface area contributed by atoms with Crippen LogP contribution in [-0.4, -0.2) is 34.6 Å². The largest absolute Gasteiger partial charge is 0.478 e. The van der Waals surface area contributed by atoms with E-state index in [9.17, 15) is 9.90 Å². The van der Waals surface area contributed by atoms with Crippen LogP contribution in [0.15, 0.2) is 60.8 Å². The average Bonchev–Trinajstić information content (AvgIpc) is 2.66. The van der Waals surface area contributed by atoms with Gasteiger partial charge in [-0.15, -0.1) is 0 Å². The molecule has 0 aliphatic heterocycles. The molecule has 1 heterocycles. The van der Waals surface area contributed by atoms with Crippen molar-refractivity contribution in [1.29, 1.82) is 0 Å². The normalized spacial score (nSPS) is 10.6. The van der Waals surface area contributed by atoms with Crippen molar-refractivity contribution in [1.82, 2.24) is 9.97 Å². The van der Waals surface area contributed by atoms with Gasteiger partial charge in [-0.05, 0) is 29.7 Å². The third-order valence-electron chi connectivity index (χ3n) is 4.27. The Morgan fingerprint density at radius 3 is 2.56 bits per heavy atom. The monoisotopic (exact) mass is 381 g/mol. The van der Waals surface area contributed by atoms with Gasteiger partial charge in [-0.2, -0.15) is 0 Å². The van der Waals surface area contributed by atoms with Gasteiger partial charge < -0.3 is 10.0 Å². The van der Waals surface area contributed by atoms with E-state index in [4.69, 9.17) is 11.6 Å². The average molecular weight is 382 g/mol. The lowest BCUT2D eigenvalue weighted by Crippen LogP contribution is -2.24. The zero-order valence-electron chi connectivity index (χ0n) is 15.0. The Hall–Kier alpha value is -2.92. The number of likely N-dealkylation sites (N-methyl/N-ethyl adjacent to an activating group) is 1. The summed E-state index contributed by atoms with van der Waals surface area (Å²) in [4.78, 5) is 22.2. The highest BCUT2D eigenvalue weighted by Crippen LogP contribution is 2.18. The smallest absolute Gasteiger partial charge is 0.339 e. The van der Waals surface area contributed by atoms with Crippen LogP contribution in [0.25, 0.3) is 0 Å². The third kappa shape index (κ3) is 5.05. The Morgan fingerprint density at radius 2 is 1.85 bits per heavy atom. The molecule has 0 spiro atoms. The van der Waals surface area contributed by atoms with Crippen LogP contribution in [-0.2, 0) is 12.8 Å². The van der Waals surface area contributed by atoms with Crippen LogP contribution in [0.5, 0.6) is 0 Å². The molecular formula is C21H20ClN3O2. The number of hydrogen-bond acceptors (Lipinski definition) is 4. The van der Waals surface area contributed by atoms with Gasteiger partial charge >= 0.3 is 5.97 Å². The number of anilines is 1. The summed E-state index contributed by atoms with van der Waals surface area (Å²) in [7, 11) is 1.90. The maximum absolute atomic E-state index is 11.6. The fraction of sp³-hybridized carbons (Fsp3) is 0.190. The van der Waals surface area contributed by atoms with Crippen LogP contribution in [0.2, 0.25) is 5.02 Å². The van der Waals surface area contributed by atoms with Crippen molar-refractivity contribution in [2.75, 3.05) is 18.5 Å². The predicted molar refractivity (Wildman–Crippen MR) is 107 cm³/mol. The zero-order valence-corrected chi connectivity index (χ0v) is 15.7. The van der Waals surface area contributed by atoms with E-state index < -0.39 is 5.97 Å². The highest BCUT2D eigenvalue weighted by atomic mass is 35.5. The Balaban J connectivity index is 1.80. The number of aromatic carboxylic acids is 1. The summed E-state index contributed by atoms with van der Waals surface area (Å²) in [6.45, 7) is 0.729. The molecule has 0 bridgehead atoms. The molecule has 0 amide bonds. The lowest BCUT2D eigenvalue weighted by Gasteiger charge is -2.18. The number of halogens is 1. The summed E-state index contributed by atoms with van der Waals surface area (Å²) >= 11 is 6.04. The number of carboxylic acid groups (broad SMARTS) is 1. The zero-order chi connectivity index (χ0) is 19.2. The second-order valence-electron chi connectivity index (χ2n) is 6.30. The van der Waals surface area contributed by atoms with Gasteiger partial charge in [-0.25, -0.2) is 14.8 Å². The number of rotatable bonds is 7. The molecule has 27 heavy (non-hydrogen) atoms. The fourth-order valence-corrected chi connectivity index (χ4v) is 3.00. The van der Waals surface area contributed by atoms with Gasteiger partial charge in [0, 0.05) is 31.2 Å². The van der Waals surface area contributed by atoms with E-state index in [1.54, 1.807) is 6.07 Å². The Morgan fingerprint density at radius 1 is 1.11 bits per heavy atom. The van der Waals surface area contributed by atoms with Crippen LogP contribution < -0.4 is 4.90 Å². The van der Waals surface area contributed by atoms with Crippen LogP contribution in [0, 0.1) is 0 Å². The number of carbonyl (C=O) groups is 1. The molecule has 0 fully saturated rings. The summed E-state index contributed by atoms with van der Waals surface area (Å²) in [5.41, 5.74) is 2.71. The topological polar surface area (TPSA) is 66.3 Å². The van der Waals surface area contributed by atoms with Crippen molar-refractivity contribution in [2.24, 2.45) is 0 Å². The van der Waals surface area contributed by atoms with Crippen LogP contribution in [0.3, 0.4) is 0 Å². The van der Waals surface area contributed by atoms with Gasteiger partial charge in [0.2, 0.25) is 5.95 Å². The highest BCUT2D eigenvalue weighted by molar-refractivity contribution is 6.30. The number of aromatic nitrogens is 2. The Labute approximate surface area is 163 Å². The molecule has 0 aliphatic rings. The van der Waals surface area contributed by atoms with E-state index in [-0.39, 0.29) is 5.56 Å². The van der Waals surface area contributed by atoms with Crippen molar-refractivity contribution in [2.45, 2.75) is 12.8 Å². The Bertz CT molecular complexity index is 932. The maximum Gasteiger partial charge on any atom is 0.339 e. The van der Waals surface area contributed by atoms with E-state index in [1.165, 1.54) is 11.8 Å². The van der Waals surface area contributed by atoms with Crippen LogP contribution in [0.4, 0.5) is 5.95 Å². The minimum atomic E-state index is -1.04.